The molecule has 0 radical (unpaired) electrons. The van der Waals surface area contributed by atoms with E-state index in [1.807, 2.05) is 30.3 Å². The summed E-state index contributed by atoms with van der Waals surface area (Å²) in [5.41, 5.74) is 1.55. The number of nitro groups is 1. The van der Waals surface area contributed by atoms with Gasteiger partial charge in [0, 0.05) is 11.6 Å². The van der Waals surface area contributed by atoms with E-state index in [9.17, 15) is 14.9 Å². The molecule has 1 unspecified atom stereocenters. The SMILES string of the molecule is O=C(Cc1ccccc1[N+](=O)[O-])NC(c1ccccc1)C1CCCCC1. The molecule has 1 aliphatic carbocycles. The second kappa shape index (κ2) is 8.61. The molecule has 0 aliphatic heterocycles. The fourth-order valence-electron chi connectivity index (χ4n) is 3.84. The maximum atomic E-state index is 12.7. The van der Waals surface area contributed by atoms with Gasteiger partial charge in [-0.2, -0.15) is 0 Å². The Bertz CT molecular complexity index is 755. The van der Waals surface area contributed by atoms with Crippen LogP contribution in [0.4, 0.5) is 5.69 Å². The highest BCUT2D eigenvalue weighted by Crippen LogP contribution is 2.34. The van der Waals surface area contributed by atoms with Crippen molar-refractivity contribution in [3.8, 4) is 0 Å². The van der Waals surface area contributed by atoms with Gasteiger partial charge >= 0.3 is 0 Å². The second-order valence-corrected chi connectivity index (χ2v) is 6.92. The quantitative estimate of drug-likeness (QED) is 0.611. The highest BCUT2D eigenvalue weighted by atomic mass is 16.6. The van der Waals surface area contributed by atoms with Crippen LogP contribution >= 0.6 is 0 Å². The third-order valence-corrected chi connectivity index (χ3v) is 5.14. The van der Waals surface area contributed by atoms with Crippen molar-refractivity contribution >= 4 is 11.6 Å². The summed E-state index contributed by atoms with van der Waals surface area (Å²) < 4.78 is 0. The van der Waals surface area contributed by atoms with E-state index in [1.165, 1.54) is 25.3 Å². The lowest BCUT2D eigenvalue weighted by atomic mass is 9.81. The Balaban J connectivity index is 1.76. The summed E-state index contributed by atoms with van der Waals surface area (Å²) >= 11 is 0. The molecule has 26 heavy (non-hydrogen) atoms. The first kappa shape index (κ1) is 18.1. The monoisotopic (exact) mass is 352 g/mol. The van der Waals surface area contributed by atoms with Crippen molar-refractivity contribution in [3.63, 3.8) is 0 Å². The molecule has 3 rings (SSSR count). The Hall–Kier alpha value is -2.69. The van der Waals surface area contributed by atoms with Gasteiger partial charge in [0.2, 0.25) is 5.91 Å². The standard InChI is InChI=1S/C21H24N2O3/c24-20(15-18-13-7-8-14-19(18)23(25)26)22-21(16-9-3-1-4-10-16)17-11-5-2-6-12-17/h1,3-4,7-10,13-14,17,21H,2,5-6,11-12,15H2,(H,22,24). The maximum Gasteiger partial charge on any atom is 0.273 e. The van der Waals surface area contributed by atoms with E-state index in [2.05, 4.69) is 5.32 Å². The molecule has 1 atom stereocenters. The number of carbonyl (C=O) groups is 1. The van der Waals surface area contributed by atoms with Crippen molar-refractivity contribution < 1.29 is 9.72 Å². The van der Waals surface area contributed by atoms with Crippen LogP contribution in [0.25, 0.3) is 0 Å². The van der Waals surface area contributed by atoms with Gasteiger partial charge in [-0.25, -0.2) is 0 Å². The largest absolute Gasteiger partial charge is 0.349 e. The highest BCUT2D eigenvalue weighted by Gasteiger charge is 2.27. The van der Waals surface area contributed by atoms with Gasteiger partial charge in [-0.3, -0.25) is 14.9 Å². The van der Waals surface area contributed by atoms with Gasteiger partial charge in [0.25, 0.3) is 5.69 Å². The lowest BCUT2D eigenvalue weighted by molar-refractivity contribution is -0.385. The van der Waals surface area contributed by atoms with E-state index in [-0.39, 0.29) is 24.1 Å². The van der Waals surface area contributed by atoms with Gasteiger partial charge in [-0.05, 0) is 24.3 Å². The molecule has 0 spiro atoms. The number of carbonyl (C=O) groups excluding carboxylic acids is 1. The maximum absolute atomic E-state index is 12.7. The van der Waals surface area contributed by atoms with E-state index in [0.29, 0.717) is 11.5 Å². The molecule has 1 saturated carbocycles. The number of hydrogen-bond acceptors (Lipinski definition) is 3. The Morgan fingerprint density at radius 1 is 1.04 bits per heavy atom. The molecular formula is C21H24N2O3. The van der Waals surface area contributed by atoms with E-state index >= 15 is 0 Å². The van der Waals surface area contributed by atoms with E-state index in [4.69, 9.17) is 0 Å². The number of para-hydroxylation sites is 1. The van der Waals surface area contributed by atoms with Crippen LogP contribution in [-0.4, -0.2) is 10.8 Å². The first-order chi connectivity index (χ1) is 12.6. The molecule has 5 nitrogen and oxygen atoms in total. The van der Waals surface area contributed by atoms with E-state index in [0.717, 1.165) is 18.4 Å². The van der Waals surface area contributed by atoms with Gasteiger partial charge in [-0.15, -0.1) is 0 Å². The number of amides is 1. The topological polar surface area (TPSA) is 72.2 Å². The normalized spacial score (nSPS) is 16.0. The van der Waals surface area contributed by atoms with Crippen LogP contribution < -0.4 is 5.32 Å². The van der Waals surface area contributed by atoms with Gasteiger partial charge < -0.3 is 5.32 Å². The number of rotatable bonds is 6. The molecular weight excluding hydrogens is 328 g/mol. The van der Waals surface area contributed by atoms with Gasteiger partial charge in [0.05, 0.1) is 17.4 Å². The predicted octanol–water partition coefficient (Wildman–Crippen LogP) is 4.58. The highest BCUT2D eigenvalue weighted by molar-refractivity contribution is 5.80. The number of nitrogens with zero attached hydrogens (tertiary/aromatic N) is 1. The summed E-state index contributed by atoms with van der Waals surface area (Å²) in [6.45, 7) is 0. The molecule has 1 fully saturated rings. The van der Waals surface area contributed by atoms with Crippen LogP contribution in [0.2, 0.25) is 0 Å². The zero-order valence-corrected chi connectivity index (χ0v) is 14.8. The van der Waals surface area contributed by atoms with Crippen LogP contribution in [0, 0.1) is 16.0 Å². The van der Waals surface area contributed by atoms with Crippen molar-refractivity contribution in [2.75, 3.05) is 0 Å². The Kier molecular flexibility index (Phi) is 6.00. The summed E-state index contributed by atoms with van der Waals surface area (Å²) in [6.07, 6.45) is 5.86. The number of benzene rings is 2. The molecule has 0 heterocycles. The lowest BCUT2D eigenvalue weighted by Crippen LogP contribution is -2.35. The van der Waals surface area contributed by atoms with Crippen LogP contribution in [0.3, 0.4) is 0 Å². The third-order valence-electron chi connectivity index (χ3n) is 5.14. The zero-order chi connectivity index (χ0) is 18.4. The lowest BCUT2D eigenvalue weighted by Gasteiger charge is -2.31. The van der Waals surface area contributed by atoms with Crippen LogP contribution in [0.1, 0.15) is 49.3 Å². The minimum Gasteiger partial charge on any atom is -0.349 e. The number of nitrogens with one attached hydrogen (secondary N) is 1. The first-order valence-corrected chi connectivity index (χ1v) is 9.22. The third kappa shape index (κ3) is 4.48. The first-order valence-electron chi connectivity index (χ1n) is 9.22. The molecule has 1 amide bonds. The summed E-state index contributed by atoms with van der Waals surface area (Å²) in [7, 11) is 0. The molecule has 2 aromatic rings. The Morgan fingerprint density at radius 2 is 1.69 bits per heavy atom. The van der Waals surface area contributed by atoms with Crippen LogP contribution in [0.15, 0.2) is 54.6 Å². The number of hydrogen-bond donors (Lipinski definition) is 1. The summed E-state index contributed by atoms with van der Waals surface area (Å²) in [5, 5.41) is 14.3. The molecule has 5 heteroatoms. The average Bonchev–Trinajstić information content (AvgIpc) is 2.68. The molecule has 136 valence electrons. The van der Waals surface area contributed by atoms with Gasteiger partial charge in [0.15, 0.2) is 0 Å². The van der Waals surface area contributed by atoms with Crippen molar-refractivity contribution in [1.82, 2.24) is 5.32 Å². The Morgan fingerprint density at radius 3 is 2.38 bits per heavy atom. The summed E-state index contributed by atoms with van der Waals surface area (Å²) in [5.74, 6) is 0.250. The van der Waals surface area contributed by atoms with Gasteiger partial charge in [-0.1, -0.05) is 67.8 Å². The summed E-state index contributed by atoms with van der Waals surface area (Å²) in [6, 6.07) is 16.4. The van der Waals surface area contributed by atoms with Crippen molar-refractivity contribution in [3.05, 3.63) is 75.8 Å². The smallest absolute Gasteiger partial charge is 0.273 e. The number of nitro benzene ring substituents is 1. The van der Waals surface area contributed by atoms with Crippen molar-refractivity contribution in [2.45, 2.75) is 44.6 Å². The molecule has 0 aromatic heterocycles. The molecule has 0 saturated heterocycles. The molecule has 0 bridgehead atoms. The molecule has 1 N–H and O–H groups in total. The average molecular weight is 352 g/mol. The van der Waals surface area contributed by atoms with Gasteiger partial charge in [0.1, 0.15) is 0 Å². The summed E-state index contributed by atoms with van der Waals surface area (Å²) in [4.78, 5) is 23.4. The fraction of sp³-hybridized carbons (Fsp3) is 0.381. The van der Waals surface area contributed by atoms with Crippen LogP contribution in [0.5, 0.6) is 0 Å². The Labute approximate surface area is 153 Å². The zero-order valence-electron chi connectivity index (χ0n) is 14.8. The van der Waals surface area contributed by atoms with Crippen molar-refractivity contribution in [1.29, 1.82) is 0 Å². The molecule has 2 aromatic carbocycles. The minimum atomic E-state index is -0.432. The van der Waals surface area contributed by atoms with E-state index in [1.54, 1.807) is 18.2 Å². The minimum absolute atomic E-state index is 0.00317. The second-order valence-electron chi connectivity index (χ2n) is 6.92. The predicted molar refractivity (Wildman–Crippen MR) is 101 cm³/mol. The fourth-order valence-corrected chi connectivity index (χ4v) is 3.84. The van der Waals surface area contributed by atoms with Crippen molar-refractivity contribution in [2.24, 2.45) is 5.92 Å². The van der Waals surface area contributed by atoms with Crippen LogP contribution in [-0.2, 0) is 11.2 Å². The van der Waals surface area contributed by atoms with E-state index < -0.39 is 4.92 Å². The molecule has 1 aliphatic rings.